The largest absolute Gasteiger partial charge is 0.391 e. The zero-order valence-electron chi connectivity index (χ0n) is 10.9. The van der Waals surface area contributed by atoms with E-state index < -0.39 is 5.54 Å². The molecule has 2 amide bonds. The number of nitrogens with one attached hydrogen (secondary N) is 1. The maximum absolute atomic E-state index is 12.2. The highest BCUT2D eigenvalue weighted by molar-refractivity contribution is 7.80. The Morgan fingerprint density at radius 3 is 2.11 bits per heavy atom. The summed E-state index contributed by atoms with van der Waals surface area (Å²) in [4.78, 5) is 14.6. The van der Waals surface area contributed by atoms with Gasteiger partial charge in [0.05, 0.1) is 10.5 Å². The van der Waals surface area contributed by atoms with Gasteiger partial charge in [-0.25, -0.2) is 4.79 Å². The van der Waals surface area contributed by atoms with E-state index in [4.69, 9.17) is 18.0 Å². The number of likely N-dealkylation sites (tertiary alicyclic amines) is 1. The van der Waals surface area contributed by atoms with E-state index in [1.54, 1.807) is 0 Å². The summed E-state index contributed by atoms with van der Waals surface area (Å²) in [5.74, 6) is 0. The lowest BCUT2D eigenvalue weighted by Gasteiger charge is -2.34. The standard InChI is InChI=1S/C13H23N3OS/c14-11(18)13(7-3-1-2-4-8-13)15-12(17)16-9-5-6-10-16/h1-10H2,(H2,14,18)(H,15,17). The first-order valence-electron chi connectivity index (χ1n) is 7.01. The Labute approximate surface area is 114 Å². The number of rotatable bonds is 2. The minimum atomic E-state index is -0.439. The third-order valence-electron chi connectivity index (χ3n) is 4.17. The van der Waals surface area contributed by atoms with Gasteiger partial charge in [-0.2, -0.15) is 0 Å². The third-order valence-corrected chi connectivity index (χ3v) is 4.56. The summed E-state index contributed by atoms with van der Waals surface area (Å²) in [7, 11) is 0. The number of amides is 2. The Balaban J connectivity index is 2.04. The molecule has 102 valence electrons. The molecule has 0 unspecified atom stereocenters. The zero-order valence-corrected chi connectivity index (χ0v) is 11.7. The first kappa shape index (κ1) is 13.6. The molecule has 0 aromatic rings. The molecule has 0 bridgehead atoms. The molecule has 1 aliphatic heterocycles. The van der Waals surface area contributed by atoms with E-state index in [2.05, 4.69) is 5.32 Å². The van der Waals surface area contributed by atoms with Gasteiger partial charge in [0, 0.05) is 13.1 Å². The second kappa shape index (κ2) is 5.87. The number of hydrogen-bond donors (Lipinski definition) is 2. The molecule has 0 spiro atoms. The van der Waals surface area contributed by atoms with Crippen molar-refractivity contribution in [1.29, 1.82) is 0 Å². The van der Waals surface area contributed by atoms with Gasteiger partial charge >= 0.3 is 6.03 Å². The summed E-state index contributed by atoms with van der Waals surface area (Å²) in [5.41, 5.74) is 5.48. The summed E-state index contributed by atoms with van der Waals surface area (Å²) >= 11 is 5.23. The van der Waals surface area contributed by atoms with Crippen LogP contribution in [0.3, 0.4) is 0 Å². The van der Waals surface area contributed by atoms with Gasteiger partial charge in [0.2, 0.25) is 0 Å². The molecule has 3 N–H and O–H groups in total. The number of urea groups is 1. The average molecular weight is 269 g/mol. The topological polar surface area (TPSA) is 58.4 Å². The molecule has 18 heavy (non-hydrogen) atoms. The first-order chi connectivity index (χ1) is 8.64. The summed E-state index contributed by atoms with van der Waals surface area (Å²) in [6.45, 7) is 1.72. The minimum Gasteiger partial charge on any atom is -0.391 e. The van der Waals surface area contributed by atoms with Gasteiger partial charge in [0.15, 0.2) is 0 Å². The minimum absolute atomic E-state index is 0.0159. The number of nitrogens with two attached hydrogens (primary N) is 1. The van der Waals surface area contributed by atoms with Crippen molar-refractivity contribution in [3.05, 3.63) is 0 Å². The summed E-state index contributed by atoms with van der Waals surface area (Å²) in [5, 5.41) is 3.13. The molecule has 0 aromatic carbocycles. The van der Waals surface area contributed by atoms with E-state index in [1.165, 1.54) is 12.8 Å². The Morgan fingerprint density at radius 1 is 1.06 bits per heavy atom. The predicted octanol–water partition coefficient (Wildman–Crippen LogP) is 2.17. The molecule has 2 rings (SSSR count). The van der Waals surface area contributed by atoms with Gasteiger partial charge in [-0.05, 0) is 25.7 Å². The number of carbonyl (C=O) groups excluding carboxylic acids is 1. The van der Waals surface area contributed by atoms with E-state index in [0.717, 1.165) is 51.6 Å². The van der Waals surface area contributed by atoms with Crippen LogP contribution in [0.25, 0.3) is 0 Å². The van der Waals surface area contributed by atoms with Crippen molar-refractivity contribution in [1.82, 2.24) is 10.2 Å². The second-order valence-electron chi connectivity index (χ2n) is 5.48. The van der Waals surface area contributed by atoms with E-state index >= 15 is 0 Å². The molecule has 2 aliphatic rings. The maximum atomic E-state index is 12.2. The number of hydrogen-bond acceptors (Lipinski definition) is 2. The van der Waals surface area contributed by atoms with Gasteiger partial charge in [0.25, 0.3) is 0 Å². The van der Waals surface area contributed by atoms with Crippen LogP contribution in [0.15, 0.2) is 0 Å². The van der Waals surface area contributed by atoms with Crippen LogP contribution in [0.1, 0.15) is 51.4 Å². The van der Waals surface area contributed by atoms with Crippen LogP contribution in [0.2, 0.25) is 0 Å². The van der Waals surface area contributed by atoms with Gasteiger partial charge in [-0.1, -0.05) is 37.9 Å². The molecule has 1 saturated heterocycles. The van der Waals surface area contributed by atoms with Gasteiger partial charge in [-0.3, -0.25) is 0 Å². The van der Waals surface area contributed by atoms with Crippen LogP contribution in [-0.4, -0.2) is 34.5 Å². The second-order valence-corrected chi connectivity index (χ2v) is 5.92. The van der Waals surface area contributed by atoms with Crippen molar-refractivity contribution < 1.29 is 4.79 Å². The Kier molecular flexibility index (Phi) is 4.43. The SMILES string of the molecule is NC(=S)C1(NC(=O)N2CCCC2)CCCCCC1. The summed E-state index contributed by atoms with van der Waals surface area (Å²) < 4.78 is 0. The molecular formula is C13H23N3OS. The van der Waals surface area contributed by atoms with Gasteiger partial charge in [0.1, 0.15) is 0 Å². The lowest BCUT2D eigenvalue weighted by Crippen LogP contribution is -2.59. The van der Waals surface area contributed by atoms with Crippen molar-refractivity contribution in [2.45, 2.75) is 56.9 Å². The highest BCUT2D eigenvalue weighted by Gasteiger charge is 2.36. The van der Waals surface area contributed by atoms with Crippen LogP contribution >= 0.6 is 12.2 Å². The number of thiocarbonyl (C=S) groups is 1. The fraction of sp³-hybridized carbons (Fsp3) is 0.846. The van der Waals surface area contributed by atoms with Crippen LogP contribution in [0.4, 0.5) is 4.79 Å². The first-order valence-corrected chi connectivity index (χ1v) is 7.42. The van der Waals surface area contributed by atoms with Crippen molar-refractivity contribution in [2.24, 2.45) is 5.73 Å². The van der Waals surface area contributed by atoms with Crippen LogP contribution in [0.5, 0.6) is 0 Å². The predicted molar refractivity (Wildman–Crippen MR) is 76.6 cm³/mol. The monoisotopic (exact) mass is 269 g/mol. The smallest absolute Gasteiger partial charge is 0.318 e. The normalized spacial score (nSPS) is 23.4. The molecule has 1 aliphatic carbocycles. The highest BCUT2D eigenvalue weighted by Crippen LogP contribution is 2.28. The molecule has 2 fully saturated rings. The molecule has 1 heterocycles. The Morgan fingerprint density at radius 2 is 1.61 bits per heavy atom. The van der Waals surface area contributed by atoms with Crippen LogP contribution in [-0.2, 0) is 0 Å². The van der Waals surface area contributed by atoms with Crippen molar-refractivity contribution in [3.8, 4) is 0 Å². The fourth-order valence-electron chi connectivity index (χ4n) is 2.97. The molecule has 1 saturated carbocycles. The van der Waals surface area contributed by atoms with Gasteiger partial charge in [-0.15, -0.1) is 0 Å². The Hall–Kier alpha value is -0.840. The van der Waals surface area contributed by atoms with E-state index in [9.17, 15) is 4.79 Å². The molecule has 0 radical (unpaired) electrons. The van der Waals surface area contributed by atoms with E-state index in [1.807, 2.05) is 4.90 Å². The van der Waals surface area contributed by atoms with Crippen molar-refractivity contribution in [3.63, 3.8) is 0 Å². The van der Waals surface area contributed by atoms with Gasteiger partial charge < -0.3 is 16.0 Å². The highest BCUT2D eigenvalue weighted by atomic mass is 32.1. The molecule has 0 atom stereocenters. The zero-order chi connectivity index (χ0) is 13.0. The molecule has 5 heteroatoms. The average Bonchev–Trinajstić information content (AvgIpc) is 2.77. The lowest BCUT2D eigenvalue weighted by molar-refractivity contribution is 0.198. The number of nitrogens with zero attached hydrogens (tertiary/aromatic N) is 1. The molecular weight excluding hydrogens is 246 g/mol. The molecule has 4 nitrogen and oxygen atoms in total. The molecule has 0 aromatic heterocycles. The quantitative estimate of drug-likeness (QED) is 0.596. The van der Waals surface area contributed by atoms with Crippen molar-refractivity contribution in [2.75, 3.05) is 13.1 Å². The van der Waals surface area contributed by atoms with E-state index in [0.29, 0.717) is 4.99 Å². The third kappa shape index (κ3) is 2.94. The van der Waals surface area contributed by atoms with Crippen molar-refractivity contribution >= 4 is 23.2 Å². The summed E-state index contributed by atoms with van der Waals surface area (Å²) in [6.07, 6.45) is 8.61. The maximum Gasteiger partial charge on any atom is 0.318 e. The fourth-order valence-corrected chi connectivity index (χ4v) is 3.22. The number of carbonyl (C=O) groups is 1. The Bertz CT molecular complexity index is 318. The van der Waals surface area contributed by atoms with E-state index in [-0.39, 0.29) is 6.03 Å². The summed E-state index contributed by atoms with van der Waals surface area (Å²) in [6, 6.07) is 0.0159. The lowest BCUT2D eigenvalue weighted by atomic mass is 9.90. The van der Waals surface area contributed by atoms with Crippen LogP contribution < -0.4 is 11.1 Å². The van der Waals surface area contributed by atoms with Crippen LogP contribution in [0, 0.1) is 0 Å².